The van der Waals surface area contributed by atoms with E-state index in [1.165, 1.54) is 19.1 Å². The second-order valence-corrected chi connectivity index (χ2v) is 6.46. The first kappa shape index (κ1) is 18.7. The Morgan fingerprint density at radius 1 is 1.15 bits per heavy atom. The second kappa shape index (κ2) is 8.09. The fourth-order valence-electron chi connectivity index (χ4n) is 3.27. The minimum absolute atomic E-state index is 0.00863. The van der Waals surface area contributed by atoms with Crippen molar-refractivity contribution in [3.05, 3.63) is 75.8 Å². The molecule has 3 rings (SSSR count). The number of non-ortho nitro benzene ring substituents is 1. The maximum Gasteiger partial charge on any atom is 0.317 e. The van der Waals surface area contributed by atoms with Crippen LogP contribution in [0.2, 0.25) is 0 Å². The van der Waals surface area contributed by atoms with Gasteiger partial charge in [0.25, 0.3) is 5.69 Å². The number of Topliss-reactive ketones (excluding diaryl/α,β-unsaturated/α-hetero) is 1. The minimum Gasteiger partial charge on any atom is -0.457 e. The van der Waals surface area contributed by atoms with E-state index in [9.17, 15) is 19.7 Å². The Balaban J connectivity index is 1.70. The first-order chi connectivity index (χ1) is 13.0. The van der Waals surface area contributed by atoms with Crippen LogP contribution < -0.4 is 0 Å². The fraction of sp³-hybridized carbons (Fsp3) is 0.300. The molecule has 0 aliphatic carbocycles. The number of carbonyl (C=O) groups is 2. The van der Waals surface area contributed by atoms with Gasteiger partial charge in [-0.3, -0.25) is 19.7 Å². The van der Waals surface area contributed by atoms with Gasteiger partial charge >= 0.3 is 5.97 Å². The van der Waals surface area contributed by atoms with E-state index in [1.54, 1.807) is 12.1 Å². The molecule has 7 nitrogen and oxygen atoms in total. The SMILES string of the molecule is CC(=O)C1C(=O)O[C@H](c2ccccc2)[C@H]1COCc1ccc([N+](=O)[O-])cc1. The Bertz CT molecular complexity index is 833. The lowest BCUT2D eigenvalue weighted by molar-refractivity contribution is -0.384. The van der Waals surface area contributed by atoms with E-state index in [1.807, 2.05) is 30.3 Å². The van der Waals surface area contributed by atoms with Gasteiger partial charge in [0, 0.05) is 18.1 Å². The van der Waals surface area contributed by atoms with Gasteiger partial charge in [0.15, 0.2) is 0 Å². The molecule has 3 atom stereocenters. The highest BCUT2D eigenvalue weighted by atomic mass is 16.6. The van der Waals surface area contributed by atoms with E-state index in [2.05, 4.69) is 0 Å². The molecule has 1 fully saturated rings. The third-order valence-corrected chi connectivity index (χ3v) is 4.61. The first-order valence-electron chi connectivity index (χ1n) is 8.54. The average Bonchev–Trinajstić information content (AvgIpc) is 2.99. The number of hydrogen-bond acceptors (Lipinski definition) is 6. The van der Waals surface area contributed by atoms with Crippen LogP contribution in [0.1, 0.15) is 24.2 Å². The number of hydrogen-bond donors (Lipinski definition) is 0. The van der Waals surface area contributed by atoms with E-state index >= 15 is 0 Å². The van der Waals surface area contributed by atoms with Crippen LogP contribution in [0.25, 0.3) is 0 Å². The van der Waals surface area contributed by atoms with E-state index in [-0.39, 0.29) is 24.7 Å². The Kier molecular flexibility index (Phi) is 5.61. The van der Waals surface area contributed by atoms with Crippen molar-refractivity contribution in [3.63, 3.8) is 0 Å². The highest BCUT2D eigenvalue weighted by Crippen LogP contribution is 2.40. The van der Waals surface area contributed by atoms with Crippen LogP contribution in [0.3, 0.4) is 0 Å². The van der Waals surface area contributed by atoms with Crippen LogP contribution in [-0.4, -0.2) is 23.3 Å². The molecule has 0 radical (unpaired) electrons. The van der Waals surface area contributed by atoms with Crippen molar-refractivity contribution < 1.29 is 24.0 Å². The van der Waals surface area contributed by atoms with Gasteiger partial charge in [0.05, 0.1) is 18.1 Å². The van der Waals surface area contributed by atoms with Crippen molar-refractivity contribution in [3.8, 4) is 0 Å². The van der Waals surface area contributed by atoms with Crippen LogP contribution >= 0.6 is 0 Å². The number of cyclic esters (lactones) is 1. The van der Waals surface area contributed by atoms with Gasteiger partial charge in [-0.15, -0.1) is 0 Å². The number of benzene rings is 2. The van der Waals surface area contributed by atoms with Crippen LogP contribution in [0.4, 0.5) is 5.69 Å². The number of nitro benzene ring substituents is 1. The summed E-state index contributed by atoms with van der Waals surface area (Å²) in [4.78, 5) is 34.4. The van der Waals surface area contributed by atoms with E-state index in [0.717, 1.165) is 11.1 Å². The van der Waals surface area contributed by atoms with Crippen LogP contribution in [0, 0.1) is 22.0 Å². The maximum absolute atomic E-state index is 12.2. The summed E-state index contributed by atoms with van der Waals surface area (Å²) in [5, 5.41) is 10.7. The Morgan fingerprint density at radius 2 is 1.81 bits per heavy atom. The van der Waals surface area contributed by atoms with Crippen LogP contribution in [0.5, 0.6) is 0 Å². The largest absolute Gasteiger partial charge is 0.457 e. The van der Waals surface area contributed by atoms with Gasteiger partial charge in [0.2, 0.25) is 0 Å². The summed E-state index contributed by atoms with van der Waals surface area (Å²) in [5.74, 6) is -2.05. The molecule has 7 heteroatoms. The number of carbonyl (C=O) groups excluding carboxylic acids is 2. The zero-order chi connectivity index (χ0) is 19.4. The fourth-order valence-corrected chi connectivity index (χ4v) is 3.27. The smallest absolute Gasteiger partial charge is 0.317 e. The first-order valence-corrected chi connectivity index (χ1v) is 8.54. The molecule has 1 aliphatic heterocycles. The summed E-state index contributed by atoms with van der Waals surface area (Å²) >= 11 is 0. The quantitative estimate of drug-likeness (QED) is 0.322. The van der Waals surface area contributed by atoms with Crippen molar-refractivity contribution >= 4 is 17.4 Å². The van der Waals surface area contributed by atoms with E-state index < -0.39 is 28.8 Å². The van der Waals surface area contributed by atoms with Crippen molar-refractivity contribution in [1.29, 1.82) is 0 Å². The second-order valence-electron chi connectivity index (χ2n) is 6.46. The Hall–Kier alpha value is -3.06. The summed E-state index contributed by atoms with van der Waals surface area (Å²) in [6.07, 6.45) is -0.538. The molecule has 2 aromatic carbocycles. The molecule has 0 aromatic heterocycles. The number of nitrogens with zero attached hydrogens (tertiary/aromatic N) is 1. The highest BCUT2D eigenvalue weighted by Gasteiger charge is 2.47. The number of rotatable bonds is 7. The summed E-state index contributed by atoms with van der Waals surface area (Å²) in [5.41, 5.74) is 1.59. The normalized spacial score (nSPS) is 21.7. The highest BCUT2D eigenvalue weighted by molar-refractivity contribution is 5.99. The molecule has 2 aromatic rings. The predicted octanol–water partition coefficient (Wildman–Crippen LogP) is 3.23. The van der Waals surface area contributed by atoms with Crippen molar-refractivity contribution in [1.82, 2.24) is 0 Å². The van der Waals surface area contributed by atoms with Crippen molar-refractivity contribution in [2.45, 2.75) is 19.6 Å². The standard InChI is InChI=1S/C20H19NO6/c1-13(22)18-17(19(27-20(18)23)15-5-3-2-4-6-15)12-26-11-14-7-9-16(10-8-14)21(24)25/h2-10,17-19H,11-12H2,1H3/t17-,18?,19+/m0/s1. The van der Waals surface area contributed by atoms with Gasteiger partial charge in [0.1, 0.15) is 17.8 Å². The van der Waals surface area contributed by atoms with Gasteiger partial charge in [-0.2, -0.15) is 0 Å². The predicted molar refractivity (Wildman–Crippen MR) is 95.7 cm³/mol. The molecular formula is C20H19NO6. The van der Waals surface area contributed by atoms with E-state index in [0.29, 0.717) is 0 Å². The lowest BCUT2D eigenvalue weighted by atomic mass is 9.85. The lowest BCUT2D eigenvalue weighted by Crippen LogP contribution is -2.27. The van der Waals surface area contributed by atoms with Gasteiger partial charge in [-0.05, 0) is 30.2 Å². The molecule has 140 valence electrons. The summed E-state index contributed by atoms with van der Waals surface area (Å²) in [6, 6.07) is 15.3. The number of ketones is 1. The topological polar surface area (TPSA) is 95.7 Å². The zero-order valence-corrected chi connectivity index (χ0v) is 14.7. The molecular weight excluding hydrogens is 350 g/mol. The molecule has 0 bridgehead atoms. The van der Waals surface area contributed by atoms with Crippen LogP contribution in [-0.2, 0) is 25.7 Å². The monoisotopic (exact) mass is 369 g/mol. The van der Waals surface area contributed by atoms with E-state index in [4.69, 9.17) is 9.47 Å². The molecule has 0 saturated carbocycles. The number of esters is 1. The van der Waals surface area contributed by atoms with Gasteiger partial charge < -0.3 is 9.47 Å². The molecule has 27 heavy (non-hydrogen) atoms. The molecule has 0 amide bonds. The molecule has 0 spiro atoms. The molecule has 1 aliphatic rings. The van der Waals surface area contributed by atoms with Crippen LogP contribution in [0.15, 0.2) is 54.6 Å². The minimum atomic E-state index is -0.855. The average molecular weight is 369 g/mol. The summed E-state index contributed by atoms with van der Waals surface area (Å²) in [7, 11) is 0. The third kappa shape index (κ3) is 4.20. The molecule has 0 N–H and O–H groups in total. The Morgan fingerprint density at radius 3 is 2.41 bits per heavy atom. The number of ether oxygens (including phenoxy) is 2. The Labute approximate surface area is 156 Å². The summed E-state index contributed by atoms with van der Waals surface area (Å²) in [6.45, 7) is 1.75. The van der Waals surface area contributed by atoms with Gasteiger partial charge in [-0.1, -0.05) is 30.3 Å². The molecule has 1 saturated heterocycles. The van der Waals surface area contributed by atoms with Crippen molar-refractivity contribution in [2.24, 2.45) is 11.8 Å². The lowest BCUT2D eigenvalue weighted by Gasteiger charge is -2.20. The van der Waals surface area contributed by atoms with Crippen molar-refractivity contribution in [2.75, 3.05) is 6.61 Å². The third-order valence-electron chi connectivity index (χ3n) is 4.61. The number of nitro groups is 1. The summed E-state index contributed by atoms with van der Waals surface area (Å²) < 4.78 is 11.2. The molecule has 1 heterocycles. The zero-order valence-electron chi connectivity index (χ0n) is 14.7. The maximum atomic E-state index is 12.2. The van der Waals surface area contributed by atoms with Gasteiger partial charge in [-0.25, -0.2) is 0 Å². The molecule has 1 unspecified atom stereocenters.